The molecule has 0 radical (unpaired) electrons. The van der Waals surface area contributed by atoms with Crippen molar-refractivity contribution >= 4 is 0 Å². The Morgan fingerprint density at radius 3 is 2.25 bits per heavy atom. The molecule has 1 N–H and O–H groups in total. The lowest BCUT2D eigenvalue weighted by molar-refractivity contribution is 0.305. The predicted octanol–water partition coefficient (Wildman–Crippen LogP) is 3.21. The molecule has 0 aliphatic heterocycles. The van der Waals surface area contributed by atoms with Gasteiger partial charge >= 0.3 is 0 Å². The first-order valence-corrected chi connectivity index (χ1v) is 7.40. The Labute approximate surface area is 120 Å². The molecular formula is C18H21NO. The van der Waals surface area contributed by atoms with Crippen LogP contribution in [0.3, 0.4) is 0 Å². The van der Waals surface area contributed by atoms with Crippen LogP contribution < -0.4 is 10.1 Å². The number of fused-ring (bicyclic) bond motifs is 1. The van der Waals surface area contributed by atoms with Crippen LogP contribution in [-0.4, -0.2) is 19.2 Å². The van der Waals surface area contributed by atoms with E-state index in [2.05, 4.69) is 29.6 Å². The zero-order valence-corrected chi connectivity index (χ0v) is 11.7. The highest BCUT2D eigenvalue weighted by Crippen LogP contribution is 2.21. The summed E-state index contributed by atoms with van der Waals surface area (Å²) < 4.78 is 5.69. The number of nitrogens with one attached hydrogen (secondary N) is 1. The van der Waals surface area contributed by atoms with Crippen LogP contribution in [0.15, 0.2) is 54.6 Å². The van der Waals surface area contributed by atoms with Gasteiger partial charge in [-0.15, -0.1) is 0 Å². The third-order valence-electron chi connectivity index (χ3n) is 3.82. The lowest BCUT2D eigenvalue weighted by Crippen LogP contribution is -2.31. The van der Waals surface area contributed by atoms with Crippen LogP contribution in [-0.2, 0) is 12.8 Å². The molecular weight excluding hydrogens is 246 g/mol. The first kappa shape index (κ1) is 13.2. The minimum absolute atomic E-state index is 0.601. The molecule has 0 saturated heterocycles. The maximum Gasteiger partial charge on any atom is 0.119 e. The van der Waals surface area contributed by atoms with Crippen LogP contribution in [0.4, 0.5) is 0 Å². The Morgan fingerprint density at radius 2 is 1.55 bits per heavy atom. The van der Waals surface area contributed by atoms with Crippen LogP contribution in [0.5, 0.6) is 5.75 Å². The molecule has 0 amide bonds. The zero-order valence-electron chi connectivity index (χ0n) is 11.7. The first-order chi connectivity index (χ1) is 9.92. The molecule has 104 valence electrons. The molecule has 0 aromatic heterocycles. The summed E-state index contributed by atoms with van der Waals surface area (Å²) in [6.45, 7) is 1.79. The van der Waals surface area contributed by atoms with Crippen LogP contribution in [0, 0.1) is 0 Å². The Kier molecular flexibility index (Phi) is 4.34. The maximum absolute atomic E-state index is 5.69. The van der Waals surface area contributed by atoms with Crippen LogP contribution in [0.2, 0.25) is 0 Å². The molecule has 0 spiro atoms. The third-order valence-corrected chi connectivity index (χ3v) is 3.82. The summed E-state index contributed by atoms with van der Waals surface area (Å²) in [6, 6.07) is 19.4. The number of ether oxygens (including phenoxy) is 1. The average molecular weight is 267 g/mol. The Morgan fingerprint density at radius 1 is 0.900 bits per heavy atom. The Bertz CT molecular complexity index is 513. The van der Waals surface area contributed by atoms with Crippen molar-refractivity contribution in [3.05, 3.63) is 65.7 Å². The van der Waals surface area contributed by atoms with E-state index in [1.165, 1.54) is 11.1 Å². The standard InChI is InChI=1S/C18H21NO/c1-2-9-18(10-3-1)20-12-6-11-19-17-13-15-7-4-5-8-16(15)14-17/h1-5,7-10,17,19H,6,11-14H2. The fourth-order valence-corrected chi connectivity index (χ4v) is 2.79. The number of hydrogen-bond acceptors (Lipinski definition) is 2. The van der Waals surface area contributed by atoms with E-state index in [1.807, 2.05) is 30.3 Å². The molecule has 2 aromatic rings. The van der Waals surface area contributed by atoms with Gasteiger partial charge in [0.15, 0.2) is 0 Å². The van der Waals surface area contributed by atoms with E-state index in [1.54, 1.807) is 0 Å². The van der Waals surface area contributed by atoms with E-state index in [-0.39, 0.29) is 0 Å². The molecule has 2 aromatic carbocycles. The summed E-state index contributed by atoms with van der Waals surface area (Å²) in [4.78, 5) is 0. The van der Waals surface area contributed by atoms with Crippen LogP contribution in [0.25, 0.3) is 0 Å². The summed E-state index contributed by atoms with van der Waals surface area (Å²) in [5.41, 5.74) is 3.01. The molecule has 1 aliphatic rings. The molecule has 3 rings (SSSR count). The van der Waals surface area contributed by atoms with Crippen molar-refractivity contribution in [1.82, 2.24) is 5.32 Å². The quantitative estimate of drug-likeness (QED) is 0.811. The number of benzene rings is 2. The van der Waals surface area contributed by atoms with E-state index in [9.17, 15) is 0 Å². The Balaban J connectivity index is 1.34. The molecule has 2 heteroatoms. The molecule has 0 heterocycles. The molecule has 20 heavy (non-hydrogen) atoms. The normalized spacial score (nSPS) is 14.2. The van der Waals surface area contributed by atoms with Crippen LogP contribution >= 0.6 is 0 Å². The fraction of sp³-hybridized carbons (Fsp3) is 0.333. The molecule has 0 atom stereocenters. The topological polar surface area (TPSA) is 21.3 Å². The lowest BCUT2D eigenvalue weighted by atomic mass is 10.1. The molecule has 0 bridgehead atoms. The Hall–Kier alpha value is -1.80. The van der Waals surface area contributed by atoms with Crippen molar-refractivity contribution in [2.45, 2.75) is 25.3 Å². The van der Waals surface area contributed by atoms with Crippen molar-refractivity contribution < 1.29 is 4.74 Å². The predicted molar refractivity (Wildman–Crippen MR) is 82.2 cm³/mol. The molecule has 0 unspecified atom stereocenters. The molecule has 1 aliphatic carbocycles. The SMILES string of the molecule is c1ccc(OCCCNC2Cc3ccccc3C2)cc1. The summed E-state index contributed by atoms with van der Waals surface area (Å²) in [7, 11) is 0. The molecule has 0 fully saturated rings. The fourth-order valence-electron chi connectivity index (χ4n) is 2.79. The third kappa shape index (κ3) is 3.40. The van der Waals surface area contributed by atoms with Gasteiger partial charge in [-0.25, -0.2) is 0 Å². The van der Waals surface area contributed by atoms with Crippen molar-refractivity contribution in [2.75, 3.05) is 13.2 Å². The van der Waals surface area contributed by atoms with Gasteiger partial charge in [0.25, 0.3) is 0 Å². The smallest absolute Gasteiger partial charge is 0.119 e. The van der Waals surface area contributed by atoms with Gasteiger partial charge in [0.05, 0.1) is 6.61 Å². The van der Waals surface area contributed by atoms with Crippen molar-refractivity contribution in [3.63, 3.8) is 0 Å². The highest BCUT2D eigenvalue weighted by Gasteiger charge is 2.19. The zero-order chi connectivity index (χ0) is 13.6. The van der Waals surface area contributed by atoms with Crippen LogP contribution in [0.1, 0.15) is 17.5 Å². The van der Waals surface area contributed by atoms with E-state index in [0.717, 1.165) is 38.2 Å². The second-order valence-electron chi connectivity index (χ2n) is 5.34. The molecule has 2 nitrogen and oxygen atoms in total. The highest BCUT2D eigenvalue weighted by atomic mass is 16.5. The summed E-state index contributed by atoms with van der Waals surface area (Å²) in [5.74, 6) is 0.959. The average Bonchev–Trinajstić information content (AvgIpc) is 2.90. The largest absolute Gasteiger partial charge is 0.494 e. The number of para-hydroxylation sites is 1. The van der Waals surface area contributed by atoms with Crippen molar-refractivity contribution in [1.29, 1.82) is 0 Å². The summed E-state index contributed by atoms with van der Waals surface area (Å²) in [6.07, 6.45) is 3.37. The van der Waals surface area contributed by atoms with E-state index in [0.29, 0.717) is 6.04 Å². The van der Waals surface area contributed by atoms with Gasteiger partial charge in [0.1, 0.15) is 5.75 Å². The van der Waals surface area contributed by atoms with E-state index in [4.69, 9.17) is 4.74 Å². The van der Waals surface area contributed by atoms with Crippen molar-refractivity contribution in [2.24, 2.45) is 0 Å². The number of hydrogen-bond donors (Lipinski definition) is 1. The second kappa shape index (κ2) is 6.58. The monoisotopic (exact) mass is 267 g/mol. The number of rotatable bonds is 6. The minimum Gasteiger partial charge on any atom is -0.494 e. The second-order valence-corrected chi connectivity index (χ2v) is 5.34. The summed E-state index contributed by atoms with van der Waals surface area (Å²) in [5, 5.41) is 3.63. The molecule has 0 saturated carbocycles. The van der Waals surface area contributed by atoms with Gasteiger partial charge in [0.2, 0.25) is 0 Å². The maximum atomic E-state index is 5.69. The van der Waals surface area contributed by atoms with E-state index >= 15 is 0 Å². The van der Waals surface area contributed by atoms with Gasteiger partial charge in [-0.3, -0.25) is 0 Å². The van der Waals surface area contributed by atoms with Gasteiger partial charge in [-0.05, 0) is 49.1 Å². The van der Waals surface area contributed by atoms with Gasteiger partial charge in [0, 0.05) is 6.04 Å². The van der Waals surface area contributed by atoms with Gasteiger partial charge in [-0.1, -0.05) is 42.5 Å². The van der Waals surface area contributed by atoms with Gasteiger partial charge in [-0.2, -0.15) is 0 Å². The van der Waals surface area contributed by atoms with E-state index < -0.39 is 0 Å². The minimum atomic E-state index is 0.601. The first-order valence-electron chi connectivity index (χ1n) is 7.40. The summed E-state index contributed by atoms with van der Waals surface area (Å²) >= 11 is 0. The lowest BCUT2D eigenvalue weighted by Gasteiger charge is -2.12. The highest BCUT2D eigenvalue weighted by molar-refractivity contribution is 5.33. The van der Waals surface area contributed by atoms with Crippen molar-refractivity contribution in [3.8, 4) is 5.75 Å². The van der Waals surface area contributed by atoms with Gasteiger partial charge < -0.3 is 10.1 Å².